The molecule has 2 aromatic heterocycles. The number of thiophene rings is 1. The molecule has 7 heteroatoms. The topological polar surface area (TPSA) is 72.1 Å². The van der Waals surface area contributed by atoms with Gasteiger partial charge in [0.1, 0.15) is 10.6 Å². The maximum Gasteiger partial charge on any atom is 0.237 e. The molecule has 0 aliphatic heterocycles. The van der Waals surface area contributed by atoms with E-state index in [1.165, 1.54) is 12.8 Å². The van der Waals surface area contributed by atoms with Gasteiger partial charge in [-0.15, -0.1) is 11.3 Å². The second kappa shape index (κ2) is 5.77. The zero-order valence-electron chi connectivity index (χ0n) is 11.8. The van der Waals surface area contributed by atoms with Crippen molar-refractivity contribution in [3.05, 3.63) is 16.2 Å². The zero-order chi connectivity index (χ0) is 15.0. The van der Waals surface area contributed by atoms with Gasteiger partial charge in [-0.1, -0.05) is 12.8 Å². The average Bonchev–Trinajstić information content (AvgIpc) is 3.03. The number of primary amides is 1. The van der Waals surface area contributed by atoms with Gasteiger partial charge in [-0.2, -0.15) is 4.98 Å². The van der Waals surface area contributed by atoms with Crippen molar-refractivity contribution in [1.82, 2.24) is 9.97 Å². The summed E-state index contributed by atoms with van der Waals surface area (Å²) < 4.78 is 0. The summed E-state index contributed by atoms with van der Waals surface area (Å²) in [4.78, 5) is 24.2. The summed E-state index contributed by atoms with van der Waals surface area (Å²) in [6, 6.07) is 2.35. The molecule has 3 rings (SSSR count). The molecule has 0 atom stereocenters. The summed E-state index contributed by atoms with van der Waals surface area (Å²) in [5.74, 6) is 0.386. The van der Waals surface area contributed by atoms with Crippen LogP contribution in [0, 0.1) is 6.92 Å². The van der Waals surface area contributed by atoms with Gasteiger partial charge in [0.2, 0.25) is 11.2 Å². The minimum atomic E-state index is -0.350. The quantitative estimate of drug-likeness (QED) is 0.878. The molecule has 0 bridgehead atoms. The third kappa shape index (κ3) is 2.96. The highest BCUT2D eigenvalue weighted by molar-refractivity contribution is 7.18. The monoisotopic (exact) mass is 324 g/mol. The molecular weight excluding hydrogens is 308 g/mol. The Hall–Kier alpha value is -1.40. The molecule has 2 aromatic rings. The van der Waals surface area contributed by atoms with Crippen molar-refractivity contribution >= 4 is 44.9 Å². The highest BCUT2D eigenvalue weighted by Gasteiger charge is 2.27. The van der Waals surface area contributed by atoms with Crippen molar-refractivity contribution in [3.63, 3.8) is 0 Å². The maximum absolute atomic E-state index is 11.5. The first-order valence-corrected chi connectivity index (χ1v) is 8.22. The number of hydrogen-bond acceptors (Lipinski definition) is 5. The van der Waals surface area contributed by atoms with E-state index in [1.54, 1.807) is 11.3 Å². The van der Waals surface area contributed by atoms with E-state index in [0.29, 0.717) is 6.04 Å². The van der Waals surface area contributed by atoms with Crippen LogP contribution in [-0.4, -0.2) is 28.5 Å². The predicted octanol–water partition coefficient (Wildman–Crippen LogP) is 2.89. The number of carbonyl (C=O) groups is 1. The van der Waals surface area contributed by atoms with Crippen LogP contribution in [0.25, 0.3) is 10.2 Å². The Kier molecular flexibility index (Phi) is 3.99. The van der Waals surface area contributed by atoms with Gasteiger partial charge in [-0.05, 0) is 37.4 Å². The molecule has 1 aliphatic rings. The van der Waals surface area contributed by atoms with Crippen LogP contribution in [0.2, 0.25) is 5.28 Å². The smallest absolute Gasteiger partial charge is 0.237 e. The molecule has 1 aliphatic carbocycles. The molecule has 2 N–H and O–H groups in total. The van der Waals surface area contributed by atoms with Gasteiger partial charge in [0.05, 0.1) is 11.9 Å². The van der Waals surface area contributed by atoms with E-state index >= 15 is 0 Å². The summed E-state index contributed by atoms with van der Waals surface area (Å²) in [7, 11) is 0. The summed E-state index contributed by atoms with van der Waals surface area (Å²) in [6.07, 6.45) is 4.45. The molecular formula is C14H17ClN4OS. The van der Waals surface area contributed by atoms with Crippen LogP contribution in [0.4, 0.5) is 5.82 Å². The van der Waals surface area contributed by atoms with Crippen molar-refractivity contribution in [2.45, 2.75) is 38.6 Å². The highest BCUT2D eigenvalue weighted by atomic mass is 35.5. The van der Waals surface area contributed by atoms with Gasteiger partial charge in [0.15, 0.2) is 0 Å². The van der Waals surface area contributed by atoms with Crippen LogP contribution in [0.1, 0.15) is 30.6 Å². The van der Waals surface area contributed by atoms with Crippen molar-refractivity contribution in [3.8, 4) is 0 Å². The number of amides is 1. The molecule has 21 heavy (non-hydrogen) atoms. The lowest BCUT2D eigenvalue weighted by atomic mass is 10.2. The second-order valence-electron chi connectivity index (χ2n) is 5.42. The lowest BCUT2D eigenvalue weighted by molar-refractivity contribution is -0.116. The van der Waals surface area contributed by atoms with E-state index in [9.17, 15) is 4.79 Å². The van der Waals surface area contributed by atoms with E-state index in [1.807, 2.05) is 11.8 Å². The van der Waals surface area contributed by atoms with Gasteiger partial charge < -0.3 is 10.6 Å². The first kappa shape index (κ1) is 14.5. The molecule has 1 fully saturated rings. The second-order valence-corrected chi connectivity index (χ2v) is 7.00. The number of nitrogens with two attached hydrogens (primary N) is 1. The summed E-state index contributed by atoms with van der Waals surface area (Å²) in [5.41, 5.74) is 5.43. The number of aryl methyl sites for hydroxylation is 1. The Morgan fingerprint density at radius 1 is 1.48 bits per heavy atom. The summed E-state index contributed by atoms with van der Waals surface area (Å²) in [5, 5.41) is 1.17. The van der Waals surface area contributed by atoms with Gasteiger partial charge >= 0.3 is 0 Å². The fourth-order valence-electron chi connectivity index (χ4n) is 2.98. The van der Waals surface area contributed by atoms with Crippen molar-refractivity contribution in [1.29, 1.82) is 0 Å². The first-order chi connectivity index (χ1) is 10.0. The van der Waals surface area contributed by atoms with Crippen LogP contribution in [0.5, 0.6) is 0 Å². The van der Waals surface area contributed by atoms with Gasteiger partial charge in [0, 0.05) is 10.9 Å². The van der Waals surface area contributed by atoms with E-state index in [-0.39, 0.29) is 17.7 Å². The molecule has 0 spiro atoms. The summed E-state index contributed by atoms with van der Waals surface area (Å²) >= 11 is 7.64. The minimum absolute atomic E-state index is 0.169. The fraction of sp³-hybridized carbons (Fsp3) is 0.500. The van der Waals surface area contributed by atoms with Gasteiger partial charge in [-0.3, -0.25) is 4.79 Å². The molecule has 112 valence electrons. The van der Waals surface area contributed by atoms with E-state index in [2.05, 4.69) is 16.0 Å². The molecule has 5 nitrogen and oxygen atoms in total. The fourth-order valence-corrected chi connectivity index (χ4v) is 4.07. The first-order valence-electron chi connectivity index (χ1n) is 7.03. The Bertz CT molecular complexity index is 681. The molecule has 0 radical (unpaired) electrons. The van der Waals surface area contributed by atoms with E-state index in [0.717, 1.165) is 33.8 Å². The van der Waals surface area contributed by atoms with E-state index < -0.39 is 0 Å². The molecule has 0 unspecified atom stereocenters. The van der Waals surface area contributed by atoms with Crippen molar-refractivity contribution < 1.29 is 4.79 Å². The SMILES string of the molecule is Cc1cc2c(N(CC(N)=O)C3CCCC3)nc(Cl)nc2s1. The lowest BCUT2D eigenvalue weighted by Crippen LogP contribution is -2.40. The van der Waals surface area contributed by atoms with Gasteiger partial charge in [0.25, 0.3) is 0 Å². The Labute approximate surface area is 132 Å². The number of aromatic nitrogens is 2. The number of hydrogen-bond donors (Lipinski definition) is 1. The van der Waals surface area contributed by atoms with Crippen molar-refractivity contribution in [2.75, 3.05) is 11.4 Å². The molecule has 2 heterocycles. The maximum atomic E-state index is 11.5. The Morgan fingerprint density at radius 2 is 2.19 bits per heavy atom. The minimum Gasteiger partial charge on any atom is -0.368 e. The van der Waals surface area contributed by atoms with Crippen LogP contribution < -0.4 is 10.6 Å². The standard InChI is InChI=1S/C14H17ClN4OS/c1-8-6-10-12(17-14(15)18-13(10)21-8)19(7-11(16)20)9-4-2-3-5-9/h6,9H,2-5,7H2,1H3,(H2,16,20). The molecule has 0 aromatic carbocycles. The largest absolute Gasteiger partial charge is 0.368 e. The molecule has 0 saturated heterocycles. The lowest BCUT2D eigenvalue weighted by Gasteiger charge is -2.29. The van der Waals surface area contributed by atoms with Crippen LogP contribution in [0.3, 0.4) is 0 Å². The average molecular weight is 325 g/mol. The van der Waals surface area contributed by atoms with Crippen LogP contribution in [0.15, 0.2) is 6.07 Å². The predicted molar refractivity (Wildman–Crippen MR) is 86.0 cm³/mol. The highest BCUT2D eigenvalue weighted by Crippen LogP contribution is 2.35. The van der Waals surface area contributed by atoms with Crippen LogP contribution in [-0.2, 0) is 4.79 Å². The molecule has 1 amide bonds. The Balaban J connectivity index is 2.10. The number of anilines is 1. The van der Waals surface area contributed by atoms with E-state index in [4.69, 9.17) is 17.3 Å². The number of carbonyl (C=O) groups excluding carboxylic acids is 1. The normalized spacial score (nSPS) is 15.7. The number of nitrogens with zero attached hydrogens (tertiary/aromatic N) is 3. The number of fused-ring (bicyclic) bond motifs is 1. The number of halogens is 1. The van der Waals surface area contributed by atoms with Crippen molar-refractivity contribution in [2.24, 2.45) is 5.73 Å². The van der Waals surface area contributed by atoms with Crippen LogP contribution >= 0.6 is 22.9 Å². The Morgan fingerprint density at radius 3 is 2.86 bits per heavy atom. The third-order valence-corrected chi connectivity index (χ3v) is 4.95. The summed E-state index contributed by atoms with van der Waals surface area (Å²) in [6.45, 7) is 2.19. The molecule has 1 saturated carbocycles. The van der Waals surface area contributed by atoms with Gasteiger partial charge in [-0.25, -0.2) is 4.98 Å². The zero-order valence-corrected chi connectivity index (χ0v) is 13.4. The third-order valence-electron chi connectivity index (χ3n) is 3.83. The number of rotatable bonds is 4.